The number of allylic oxidation sites excluding steroid dienone is 1. The fourth-order valence-corrected chi connectivity index (χ4v) is 2.01. The summed E-state index contributed by atoms with van der Waals surface area (Å²) in [7, 11) is 0. The van der Waals surface area contributed by atoms with Crippen LogP contribution in [0.5, 0.6) is 0 Å². The van der Waals surface area contributed by atoms with Crippen LogP contribution in [0, 0.1) is 0 Å². The summed E-state index contributed by atoms with van der Waals surface area (Å²) in [5.41, 5.74) is 1.74. The summed E-state index contributed by atoms with van der Waals surface area (Å²) < 4.78 is 5.14. The molecule has 2 N–H and O–H groups in total. The van der Waals surface area contributed by atoms with Gasteiger partial charge in [-0.2, -0.15) is 0 Å². The van der Waals surface area contributed by atoms with E-state index in [0.29, 0.717) is 12.3 Å². The van der Waals surface area contributed by atoms with Crippen LogP contribution < -0.4 is 5.32 Å². The van der Waals surface area contributed by atoms with Gasteiger partial charge >= 0.3 is 5.97 Å². The van der Waals surface area contributed by atoms with Gasteiger partial charge in [-0.1, -0.05) is 11.6 Å². The highest BCUT2D eigenvalue weighted by molar-refractivity contribution is 5.87. The lowest BCUT2D eigenvalue weighted by Crippen LogP contribution is -2.14. The predicted molar refractivity (Wildman–Crippen MR) is 63.9 cm³/mol. The highest BCUT2D eigenvalue weighted by Gasteiger charge is 2.08. The normalized spacial score (nSPS) is 14.9. The van der Waals surface area contributed by atoms with Crippen LogP contribution >= 0.6 is 0 Å². The van der Waals surface area contributed by atoms with Crippen molar-refractivity contribution in [1.82, 2.24) is 5.32 Å². The van der Waals surface area contributed by atoms with Crippen molar-refractivity contribution in [1.29, 1.82) is 0 Å². The smallest absolute Gasteiger partial charge is 0.338 e. The van der Waals surface area contributed by atoms with Gasteiger partial charge in [-0.15, -0.1) is 0 Å². The van der Waals surface area contributed by atoms with Crippen molar-refractivity contribution in [2.75, 3.05) is 6.54 Å². The summed E-state index contributed by atoms with van der Waals surface area (Å²) in [6, 6.07) is 1.56. The zero-order valence-electron chi connectivity index (χ0n) is 9.74. The topological polar surface area (TPSA) is 62.5 Å². The van der Waals surface area contributed by atoms with E-state index < -0.39 is 5.97 Å². The van der Waals surface area contributed by atoms with Gasteiger partial charge in [0.1, 0.15) is 12.0 Å². The molecule has 0 saturated heterocycles. The van der Waals surface area contributed by atoms with E-state index in [9.17, 15) is 4.79 Å². The molecule has 1 aromatic rings. The summed E-state index contributed by atoms with van der Waals surface area (Å²) in [6.07, 6.45) is 8.40. The Bertz CT molecular complexity index is 420. The zero-order valence-corrected chi connectivity index (χ0v) is 9.74. The molecule has 0 aliphatic heterocycles. The van der Waals surface area contributed by atoms with Crippen molar-refractivity contribution in [2.45, 2.75) is 32.2 Å². The molecule has 0 unspecified atom stereocenters. The molecular weight excluding hydrogens is 218 g/mol. The average Bonchev–Trinajstić information content (AvgIpc) is 2.96. The average molecular weight is 235 g/mol. The molecule has 1 aliphatic rings. The van der Waals surface area contributed by atoms with Gasteiger partial charge in [0, 0.05) is 0 Å². The van der Waals surface area contributed by atoms with Crippen LogP contribution in [0.25, 0.3) is 0 Å². The van der Waals surface area contributed by atoms with E-state index in [-0.39, 0.29) is 5.56 Å². The molecule has 0 amide bonds. The van der Waals surface area contributed by atoms with Crippen LogP contribution in [0.15, 0.2) is 28.4 Å². The van der Waals surface area contributed by atoms with Crippen molar-refractivity contribution < 1.29 is 14.3 Å². The fraction of sp³-hybridized carbons (Fsp3) is 0.462. The molecule has 0 spiro atoms. The number of carbonyl (C=O) groups is 1. The van der Waals surface area contributed by atoms with Gasteiger partial charge in [0.25, 0.3) is 0 Å². The molecule has 0 atom stereocenters. The maximum Gasteiger partial charge on any atom is 0.338 e. The third-order valence-electron chi connectivity index (χ3n) is 2.96. The molecule has 0 saturated carbocycles. The van der Waals surface area contributed by atoms with Crippen LogP contribution in [0.1, 0.15) is 41.8 Å². The molecule has 0 fully saturated rings. The largest absolute Gasteiger partial charge is 0.478 e. The number of hydrogen-bond donors (Lipinski definition) is 2. The molecule has 1 aliphatic carbocycles. The van der Waals surface area contributed by atoms with Crippen LogP contribution in [0.4, 0.5) is 0 Å². The lowest BCUT2D eigenvalue weighted by molar-refractivity contribution is 0.0696. The van der Waals surface area contributed by atoms with Gasteiger partial charge in [-0.25, -0.2) is 4.79 Å². The van der Waals surface area contributed by atoms with Crippen molar-refractivity contribution >= 4 is 5.97 Å². The highest BCUT2D eigenvalue weighted by atomic mass is 16.4. The minimum atomic E-state index is -0.948. The van der Waals surface area contributed by atoms with Crippen molar-refractivity contribution in [3.63, 3.8) is 0 Å². The first-order valence-electron chi connectivity index (χ1n) is 5.95. The second-order valence-electron chi connectivity index (χ2n) is 4.29. The first-order chi connectivity index (χ1) is 8.25. The number of rotatable bonds is 6. The first-order valence-corrected chi connectivity index (χ1v) is 5.95. The van der Waals surface area contributed by atoms with Crippen LogP contribution in [0.3, 0.4) is 0 Å². The van der Waals surface area contributed by atoms with E-state index in [1.165, 1.54) is 31.1 Å². The molecule has 4 nitrogen and oxygen atoms in total. The molecule has 0 bridgehead atoms. The maximum atomic E-state index is 10.6. The minimum absolute atomic E-state index is 0.209. The molecule has 17 heavy (non-hydrogen) atoms. The highest BCUT2D eigenvalue weighted by Crippen LogP contribution is 2.19. The Morgan fingerprint density at radius 3 is 3.06 bits per heavy atom. The number of aromatic carboxylic acids is 1. The molecule has 0 aromatic carbocycles. The van der Waals surface area contributed by atoms with E-state index in [1.54, 1.807) is 6.07 Å². The molecule has 4 heteroatoms. The number of nitrogens with one attached hydrogen (secondary N) is 1. The zero-order chi connectivity index (χ0) is 12.1. The Morgan fingerprint density at radius 1 is 1.53 bits per heavy atom. The number of furan rings is 1. The molecule has 92 valence electrons. The van der Waals surface area contributed by atoms with Gasteiger partial charge in [0.15, 0.2) is 0 Å². The lowest BCUT2D eigenvalue weighted by Gasteiger charge is -2.03. The van der Waals surface area contributed by atoms with Crippen molar-refractivity contribution in [2.24, 2.45) is 0 Å². The van der Waals surface area contributed by atoms with E-state index >= 15 is 0 Å². The SMILES string of the molecule is O=C(O)c1coc(CNCCC2=CCCC2)c1. The Kier molecular flexibility index (Phi) is 3.98. The molecule has 2 rings (SSSR count). The van der Waals surface area contributed by atoms with E-state index in [4.69, 9.17) is 9.52 Å². The van der Waals surface area contributed by atoms with Crippen LogP contribution in [0.2, 0.25) is 0 Å². The predicted octanol–water partition coefficient (Wildman–Crippen LogP) is 2.57. The number of hydrogen-bond acceptors (Lipinski definition) is 3. The van der Waals surface area contributed by atoms with Gasteiger partial charge in [-0.05, 0) is 38.3 Å². The number of carboxylic acids is 1. The second kappa shape index (κ2) is 5.68. The Morgan fingerprint density at radius 2 is 2.41 bits per heavy atom. The van der Waals surface area contributed by atoms with Gasteiger partial charge in [-0.3, -0.25) is 0 Å². The lowest BCUT2D eigenvalue weighted by atomic mass is 10.2. The van der Waals surface area contributed by atoms with E-state index in [1.807, 2.05) is 0 Å². The second-order valence-corrected chi connectivity index (χ2v) is 4.29. The summed E-state index contributed by atoms with van der Waals surface area (Å²) >= 11 is 0. The molecule has 0 radical (unpaired) electrons. The summed E-state index contributed by atoms with van der Waals surface area (Å²) in [5.74, 6) is -0.279. The third-order valence-corrected chi connectivity index (χ3v) is 2.96. The monoisotopic (exact) mass is 235 g/mol. The van der Waals surface area contributed by atoms with Crippen molar-refractivity contribution in [3.05, 3.63) is 35.3 Å². The summed E-state index contributed by atoms with van der Waals surface area (Å²) in [5, 5.41) is 12.0. The minimum Gasteiger partial charge on any atom is -0.478 e. The van der Waals surface area contributed by atoms with Gasteiger partial charge in [0.2, 0.25) is 0 Å². The standard InChI is InChI=1S/C13H17NO3/c15-13(16)11-7-12(17-9-11)8-14-6-5-10-3-1-2-4-10/h3,7,9,14H,1-2,4-6,8H2,(H,15,16). The van der Waals surface area contributed by atoms with Crippen molar-refractivity contribution in [3.8, 4) is 0 Å². The summed E-state index contributed by atoms with van der Waals surface area (Å²) in [4.78, 5) is 10.6. The maximum absolute atomic E-state index is 10.6. The van der Waals surface area contributed by atoms with E-state index in [0.717, 1.165) is 13.0 Å². The van der Waals surface area contributed by atoms with Gasteiger partial charge < -0.3 is 14.8 Å². The van der Waals surface area contributed by atoms with Crippen LogP contribution in [-0.2, 0) is 6.54 Å². The Balaban J connectivity index is 1.68. The van der Waals surface area contributed by atoms with Crippen LogP contribution in [-0.4, -0.2) is 17.6 Å². The molecular formula is C13H17NO3. The Hall–Kier alpha value is -1.55. The summed E-state index contributed by atoms with van der Waals surface area (Å²) in [6.45, 7) is 1.50. The van der Waals surface area contributed by atoms with E-state index in [2.05, 4.69) is 11.4 Å². The third kappa shape index (κ3) is 3.46. The molecule has 1 aromatic heterocycles. The Labute approximate surface area is 100 Å². The molecule has 1 heterocycles. The number of carboxylic acid groups (broad SMARTS) is 1. The first kappa shape index (κ1) is 11.9. The van der Waals surface area contributed by atoms with Gasteiger partial charge in [0.05, 0.1) is 12.1 Å². The quantitative estimate of drug-likeness (QED) is 0.587. The fourth-order valence-electron chi connectivity index (χ4n) is 2.01.